The number of carbonyl (C=O) groups is 1. The van der Waals surface area contributed by atoms with Gasteiger partial charge in [-0.25, -0.2) is 4.79 Å². The lowest BCUT2D eigenvalue weighted by atomic mass is 10.1. The maximum absolute atomic E-state index is 11.6. The molecule has 1 aromatic heterocycles. The Balaban J connectivity index is 2.11. The summed E-state index contributed by atoms with van der Waals surface area (Å²) in [4.78, 5) is 11.6. The van der Waals surface area contributed by atoms with E-state index in [1.54, 1.807) is 6.07 Å². The molecule has 0 saturated carbocycles. The Morgan fingerprint density at radius 3 is 2.85 bits per heavy atom. The molecular weight excluding hydrogens is 252 g/mol. The molecule has 1 N–H and O–H groups in total. The molecule has 0 unspecified atom stereocenters. The highest BCUT2D eigenvalue weighted by molar-refractivity contribution is 5.94. The number of methoxy groups -OCH3 is 1. The minimum atomic E-state index is -0.291. The van der Waals surface area contributed by atoms with Gasteiger partial charge >= 0.3 is 5.97 Å². The van der Waals surface area contributed by atoms with Gasteiger partial charge in [0.05, 0.1) is 12.7 Å². The van der Waals surface area contributed by atoms with Crippen LogP contribution in [0.25, 0.3) is 10.9 Å². The molecule has 20 heavy (non-hydrogen) atoms. The molecule has 4 heteroatoms. The molecule has 4 nitrogen and oxygen atoms in total. The van der Waals surface area contributed by atoms with Crippen molar-refractivity contribution in [3.63, 3.8) is 0 Å². The summed E-state index contributed by atoms with van der Waals surface area (Å²) in [5, 5.41) is 4.55. The van der Waals surface area contributed by atoms with Crippen molar-refractivity contribution >= 4 is 16.9 Å². The molecule has 0 fully saturated rings. The highest BCUT2D eigenvalue weighted by Crippen LogP contribution is 2.18. The smallest absolute Gasteiger partial charge is 0.337 e. The van der Waals surface area contributed by atoms with Gasteiger partial charge in [-0.05, 0) is 36.6 Å². The lowest BCUT2D eigenvalue weighted by Gasteiger charge is -2.09. The van der Waals surface area contributed by atoms with E-state index in [-0.39, 0.29) is 5.97 Å². The summed E-state index contributed by atoms with van der Waals surface area (Å²) >= 11 is 0. The van der Waals surface area contributed by atoms with Gasteiger partial charge in [-0.2, -0.15) is 0 Å². The van der Waals surface area contributed by atoms with Gasteiger partial charge in [-0.15, -0.1) is 0 Å². The molecule has 0 aliphatic rings. The molecule has 0 amide bonds. The van der Waals surface area contributed by atoms with E-state index in [0.717, 1.165) is 30.4 Å². The van der Waals surface area contributed by atoms with Crippen molar-refractivity contribution in [1.82, 2.24) is 9.88 Å². The van der Waals surface area contributed by atoms with E-state index in [1.807, 2.05) is 12.1 Å². The number of nitrogens with zero attached hydrogens (tertiary/aromatic N) is 1. The Hall–Kier alpha value is -1.81. The van der Waals surface area contributed by atoms with Gasteiger partial charge in [0.15, 0.2) is 0 Å². The van der Waals surface area contributed by atoms with Gasteiger partial charge in [-0.1, -0.05) is 19.9 Å². The minimum absolute atomic E-state index is 0.291. The summed E-state index contributed by atoms with van der Waals surface area (Å²) in [6.45, 7) is 6.23. The number of nitrogens with one attached hydrogen (secondary N) is 1. The first-order chi connectivity index (χ1) is 9.61. The predicted molar refractivity (Wildman–Crippen MR) is 81.0 cm³/mol. The Kier molecular flexibility index (Phi) is 4.79. The standard InChI is InChI=1S/C16H22N2O2/c1-12(2)17-8-4-9-18-10-7-13-5-6-14(11-15(13)18)16(19)20-3/h5-7,10-12,17H,4,8-9H2,1-3H3. The van der Waals surface area contributed by atoms with E-state index in [1.165, 1.54) is 7.11 Å². The number of fused-ring (bicyclic) bond motifs is 1. The third-order valence-electron chi connectivity index (χ3n) is 3.32. The Morgan fingerprint density at radius 1 is 1.35 bits per heavy atom. The highest BCUT2D eigenvalue weighted by Gasteiger charge is 2.08. The number of aromatic nitrogens is 1. The Labute approximate surface area is 119 Å². The number of esters is 1. The van der Waals surface area contributed by atoms with Crippen molar-refractivity contribution in [2.24, 2.45) is 0 Å². The maximum atomic E-state index is 11.6. The lowest BCUT2D eigenvalue weighted by molar-refractivity contribution is 0.0601. The zero-order valence-electron chi connectivity index (χ0n) is 12.3. The number of rotatable bonds is 6. The Bertz CT molecular complexity index is 587. The maximum Gasteiger partial charge on any atom is 0.337 e. The van der Waals surface area contributed by atoms with Crippen molar-refractivity contribution in [3.8, 4) is 0 Å². The third kappa shape index (κ3) is 3.39. The van der Waals surface area contributed by atoms with Crippen LogP contribution in [0.5, 0.6) is 0 Å². The summed E-state index contributed by atoms with van der Waals surface area (Å²) in [5.41, 5.74) is 1.68. The van der Waals surface area contributed by atoms with E-state index in [4.69, 9.17) is 4.74 Å². The Morgan fingerprint density at radius 2 is 2.15 bits per heavy atom. The molecule has 0 saturated heterocycles. The molecule has 2 aromatic rings. The van der Waals surface area contributed by atoms with Crippen molar-refractivity contribution in [2.75, 3.05) is 13.7 Å². The highest BCUT2D eigenvalue weighted by atomic mass is 16.5. The average molecular weight is 274 g/mol. The second-order valence-electron chi connectivity index (χ2n) is 5.24. The zero-order valence-corrected chi connectivity index (χ0v) is 12.3. The number of hydrogen-bond donors (Lipinski definition) is 1. The quantitative estimate of drug-likeness (QED) is 0.650. The largest absolute Gasteiger partial charge is 0.465 e. The summed E-state index contributed by atoms with van der Waals surface area (Å²) in [5.74, 6) is -0.291. The van der Waals surface area contributed by atoms with Gasteiger partial charge in [0.1, 0.15) is 0 Å². The van der Waals surface area contributed by atoms with Crippen LogP contribution in [0, 0.1) is 0 Å². The number of aryl methyl sites for hydroxylation is 1. The summed E-state index contributed by atoms with van der Waals surface area (Å²) in [6.07, 6.45) is 3.13. The van der Waals surface area contributed by atoms with Gasteiger partial charge in [0, 0.05) is 24.3 Å². The molecule has 0 atom stereocenters. The van der Waals surface area contributed by atoms with Crippen LogP contribution in [0.4, 0.5) is 0 Å². The zero-order chi connectivity index (χ0) is 14.5. The average Bonchev–Trinajstić information content (AvgIpc) is 2.85. The number of benzene rings is 1. The van der Waals surface area contributed by atoms with Crippen LogP contribution in [0.15, 0.2) is 30.5 Å². The second kappa shape index (κ2) is 6.57. The molecule has 2 rings (SSSR count). The normalized spacial score (nSPS) is 11.2. The summed E-state index contributed by atoms with van der Waals surface area (Å²) in [7, 11) is 1.41. The van der Waals surface area contributed by atoms with E-state index >= 15 is 0 Å². The topological polar surface area (TPSA) is 43.3 Å². The molecule has 0 spiro atoms. The second-order valence-corrected chi connectivity index (χ2v) is 5.24. The van der Waals surface area contributed by atoms with E-state index in [2.05, 4.69) is 36.0 Å². The van der Waals surface area contributed by atoms with Crippen LogP contribution in [0.1, 0.15) is 30.6 Å². The summed E-state index contributed by atoms with van der Waals surface area (Å²) in [6, 6.07) is 8.26. The molecule has 1 heterocycles. The molecule has 0 bridgehead atoms. The van der Waals surface area contributed by atoms with Crippen molar-refractivity contribution < 1.29 is 9.53 Å². The first kappa shape index (κ1) is 14.6. The van der Waals surface area contributed by atoms with Crippen molar-refractivity contribution in [2.45, 2.75) is 32.9 Å². The van der Waals surface area contributed by atoms with Gasteiger partial charge in [-0.3, -0.25) is 0 Å². The molecule has 0 aliphatic carbocycles. The fourth-order valence-electron chi connectivity index (χ4n) is 2.26. The minimum Gasteiger partial charge on any atom is -0.465 e. The predicted octanol–water partition coefficient (Wildman–Crippen LogP) is 2.82. The lowest BCUT2D eigenvalue weighted by Crippen LogP contribution is -2.24. The molecule has 1 aromatic carbocycles. The first-order valence-corrected chi connectivity index (χ1v) is 7.02. The van der Waals surface area contributed by atoms with E-state index in [0.29, 0.717) is 11.6 Å². The number of hydrogen-bond acceptors (Lipinski definition) is 3. The third-order valence-corrected chi connectivity index (χ3v) is 3.32. The van der Waals surface area contributed by atoms with Crippen LogP contribution in [0.2, 0.25) is 0 Å². The molecule has 108 valence electrons. The fraction of sp³-hybridized carbons (Fsp3) is 0.438. The number of carbonyl (C=O) groups excluding carboxylic acids is 1. The van der Waals surface area contributed by atoms with Gasteiger partial charge in [0.25, 0.3) is 0 Å². The van der Waals surface area contributed by atoms with Gasteiger partial charge in [0.2, 0.25) is 0 Å². The monoisotopic (exact) mass is 274 g/mol. The summed E-state index contributed by atoms with van der Waals surface area (Å²) < 4.78 is 6.95. The molecule has 0 aliphatic heterocycles. The van der Waals surface area contributed by atoms with Crippen LogP contribution >= 0.6 is 0 Å². The SMILES string of the molecule is COC(=O)c1ccc2ccn(CCCNC(C)C)c2c1. The van der Waals surface area contributed by atoms with Crippen LogP contribution in [-0.4, -0.2) is 30.2 Å². The van der Waals surface area contributed by atoms with Crippen molar-refractivity contribution in [1.29, 1.82) is 0 Å². The van der Waals surface area contributed by atoms with Crippen LogP contribution in [-0.2, 0) is 11.3 Å². The number of ether oxygens (including phenoxy) is 1. The van der Waals surface area contributed by atoms with Gasteiger partial charge < -0.3 is 14.6 Å². The van der Waals surface area contributed by atoms with E-state index < -0.39 is 0 Å². The fourth-order valence-corrected chi connectivity index (χ4v) is 2.26. The molecule has 0 radical (unpaired) electrons. The van der Waals surface area contributed by atoms with E-state index in [9.17, 15) is 4.79 Å². The van der Waals surface area contributed by atoms with Crippen LogP contribution < -0.4 is 5.32 Å². The molecular formula is C16H22N2O2. The van der Waals surface area contributed by atoms with Crippen molar-refractivity contribution in [3.05, 3.63) is 36.0 Å². The van der Waals surface area contributed by atoms with Crippen LogP contribution in [0.3, 0.4) is 0 Å². The first-order valence-electron chi connectivity index (χ1n) is 7.02.